The maximum Gasteiger partial charge on any atom is 0.188 e. The number of methoxy groups -OCH3 is 1. The molecular formula is C9H9BrO3. The van der Waals surface area contributed by atoms with E-state index in [1.165, 1.54) is 7.11 Å². The summed E-state index contributed by atoms with van der Waals surface area (Å²) in [6.07, 6.45) is 0.747. The van der Waals surface area contributed by atoms with E-state index in [1.807, 2.05) is 0 Å². The fourth-order valence-electron chi connectivity index (χ4n) is 0.853. The number of hydrogen-bond donors (Lipinski definition) is 0. The molecule has 0 saturated heterocycles. The summed E-state index contributed by atoms with van der Waals surface area (Å²) < 4.78 is 10.8. The zero-order valence-corrected chi connectivity index (χ0v) is 8.71. The third-order valence-electron chi connectivity index (χ3n) is 1.43. The van der Waals surface area contributed by atoms with Crippen molar-refractivity contribution >= 4 is 22.2 Å². The van der Waals surface area contributed by atoms with Crippen LogP contribution in [0.5, 0.6) is 5.75 Å². The Bertz CT molecular complexity index is 299. The summed E-state index contributed by atoms with van der Waals surface area (Å²) in [5.74, 6) is 0.520. The highest BCUT2D eigenvalue weighted by Crippen LogP contribution is 2.22. The summed E-state index contributed by atoms with van der Waals surface area (Å²) >= 11 is 3.28. The Morgan fingerprint density at radius 1 is 1.54 bits per heavy atom. The molecule has 1 aromatic carbocycles. The highest BCUT2D eigenvalue weighted by atomic mass is 79.9. The Labute approximate surface area is 84.8 Å². The van der Waals surface area contributed by atoms with Crippen LogP contribution in [0, 0.1) is 0 Å². The third-order valence-corrected chi connectivity index (χ3v) is 1.93. The summed E-state index contributed by atoms with van der Waals surface area (Å²) in [5.41, 5.74) is 0.514. The maximum atomic E-state index is 10.6. The number of benzene rings is 1. The first-order valence-electron chi connectivity index (χ1n) is 3.64. The molecule has 0 unspecified atom stereocenters. The molecule has 0 spiro atoms. The summed E-state index contributed by atoms with van der Waals surface area (Å²) in [5, 5.41) is 0. The predicted molar refractivity (Wildman–Crippen MR) is 52.0 cm³/mol. The quantitative estimate of drug-likeness (QED) is 0.602. The van der Waals surface area contributed by atoms with Gasteiger partial charge in [0.1, 0.15) is 5.75 Å². The molecule has 13 heavy (non-hydrogen) atoms. The molecule has 0 aliphatic rings. The summed E-state index contributed by atoms with van der Waals surface area (Å²) in [4.78, 5) is 10.6. The number of carbonyl (C=O) groups is 1. The van der Waals surface area contributed by atoms with Crippen molar-refractivity contribution in [2.75, 3.05) is 13.9 Å². The molecule has 0 aromatic heterocycles. The Hall–Kier alpha value is -0.870. The third kappa shape index (κ3) is 2.82. The second-order valence-electron chi connectivity index (χ2n) is 2.35. The molecule has 0 amide bonds. The van der Waals surface area contributed by atoms with Crippen LogP contribution < -0.4 is 4.74 Å². The lowest BCUT2D eigenvalue weighted by Gasteiger charge is -2.06. The van der Waals surface area contributed by atoms with Crippen LogP contribution in [0.25, 0.3) is 0 Å². The standard InChI is InChI=1S/C9H9BrO3/c1-12-6-13-9-4-8(10)3-2-7(9)5-11/h2-5H,6H2,1H3. The fraction of sp³-hybridized carbons (Fsp3) is 0.222. The van der Waals surface area contributed by atoms with E-state index in [4.69, 9.17) is 9.47 Å². The molecule has 0 aliphatic carbocycles. The second-order valence-corrected chi connectivity index (χ2v) is 3.27. The van der Waals surface area contributed by atoms with Crippen LogP contribution in [0.1, 0.15) is 10.4 Å². The van der Waals surface area contributed by atoms with E-state index in [0.717, 1.165) is 10.8 Å². The van der Waals surface area contributed by atoms with Crippen LogP contribution in [0.2, 0.25) is 0 Å². The minimum atomic E-state index is 0.136. The van der Waals surface area contributed by atoms with Gasteiger partial charge in [-0.05, 0) is 18.2 Å². The lowest BCUT2D eigenvalue weighted by molar-refractivity contribution is 0.0505. The van der Waals surface area contributed by atoms with Gasteiger partial charge < -0.3 is 9.47 Å². The fourth-order valence-corrected chi connectivity index (χ4v) is 1.19. The molecule has 0 atom stereocenters. The molecule has 3 nitrogen and oxygen atoms in total. The van der Waals surface area contributed by atoms with Gasteiger partial charge in [0.2, 0.25) is 0 Å². The van der Waals surface area contributed by atoms with Crippen LogP contribution in [0.3, 0.4) is 0 Å². The molecule has 0 aliphatic heterocycles. The lowest BCUT2D eigenvalue weighted by Crippen LogP contribution is -2.01. The van der Waals surface area contributed by atoms with E-state index in [1.54, 1.807) is 18.2 Å². The molecule has 70 valence electrons. The number of carbonyl (C=O) groups excluding carboxylic acids is 1. The highest BCUT2D eigenvalue weighted by molar-refractivity contribution is 9.10. The average molecular weight is 245 g/mol. The molecule has 4 heteroatoms. The summed E-state index contributed by atoms with van der Waals surface area (Å²) in [7, 11) is 1.53. The number of hydrogen-bond acceptors (Lipinski definition) is 3. The lowest BCUT2D eigenvalue weighted by atomic mass is 10.2. The minimum absolute atomic E-state index is 0.136. The van der Waals surface area contributed by atoms with Crippen LogP contribution in [0.4, 0.5) is 0 Å². The Morgan fingerprint density at radius 3 is 2.92 bits per heavy atom. The van der Waals surface area contributed by atoms with Gasteiger partial charge in [-0.1, -0.05) is 15.9 Å². The van der Waals surface area contributed by atoms with E-state index in [2.05, 4.69) is 15.9 Å². The first-order valence-corrected chi connectivity index (χ1v) is 4.43. The summed E-state index contributed by atoms with van der Waals surface area (Å²) in [6.45, 7) is 0.136. The largest absolute Gasteiger partial charge is 0.467 e. The van der Waals surface area contributed by atoms with Gasteiger partial charge in [0.05, 0.1) is 5.56 Å². The van der Waals surface area contributed by atoms with Crippen LogP contribution in [-0.4, -0.2) is 20.2 Å². The topological polar surface area (TPSA) is 35.5 Å². The van der Waals surface area contributed by atoms with Crippen molar-refractivity contribution in [2.24, 2.45) is 0 Å². The van der Waals surface area contributed by atoms with E-state index < -0.39 is 0 Å². The van der Waals surface area contributed by atoms with Crippen molar-refractivity contribution < 1.29 is 14.3 Å². The zero-order valence-electron chi connectivity index (χ0n) is 7.12. The molecule has 1 rings (SSSR count). The van der Waals surface area contributed by atoms with Gasteiger partial charge >= 0.3 is 0 Å². The van der Waals surface area contributed by atoms with Crippen LogP contribution in [0.15, 0.2) is 22.7 Å². The number of rotatable bonds is 4. The Morgan fingerprint density at radius 2 is 2.31 bits per heavy atom. The van der Waals surface area contributed by atoms with Gasteiger partial charge in [0, 0.05) is 11.6 Å². The normalized spacial score (nSPS) is 9.69. The molecular weight excluding hydrogens is 236 g/mol. The maximum absolute atomic E-state index is 10.6. The average Bonchev–Trinajstić information content (AvgIpc) is 2.15. The predicted octanol–water partition coefficient (Wildman–Crippen LogP) is 2.24. The smallest absolute Gasteiger partial charge is 0.188 e. The molecule has 1 aromatic rings. The zero-order chi connectivity index (χ0) is 9.68. The van der Waals surface area contributed by atoms with Crippen molar-refractivity contribution in [2.45, 2.75) is 0 Å². The van der Waals surface area contributed by atoms with E-state index >= 15 is 0 Å². The minimum Gasteiger partial charge on any atom is -0.467 e. The molecule has 0 radical (unpaired) electrons. The number of ether oxygens (including phenoxy) is 2. The van der Waals surface area contributed by atoms with Gasteiger partial charge in [-0.25, -0.2) is 0 Å². The van der Waals surface area contributed by atoms with Gasteiger partial charge in [0.15, 0.2) is 13.1 Å². The SMILES string of the molecule is COCOc1cc(Br)ccc1C=O. The van der Waals surface area contributed by atoms with Crippen molar-refractivity contribution in [3.63, 3.8) is 0 Å². The molecule has 0 fully saturated rings. The number of aldehydes is 1. The first kappa shape index (κ1) is 10.2. The van der Waals surface area contributed by atoms with Gasteiger partial charge in [-0.15, -0.1) is 0 Å². The molecule has 0 heterocycles. The first-order chi connectivity index (χ1) is 6.27. The van der Waals surface area contributed by atoms with Crippen molar-refractivity contribution in [1.29, 1.82) is 0 Å². The van der Waals surface area contributed by atoms with Crippen molar-refractivity contribution in [3.05, 3.63) is 28.2 Å². The van der Waals surface area contributed by atoms with Gasteiger partial charge in [-0.2, -0.15) is 0 Å². The van der Waals surface area contributed by atoms with Gasteiger partial charge in [0.25, 0.3) is 0 Å². The number of halogens is 1. The van der Waals surface area contributed by atoms with Crippen LogP contribution in [-0.2, 0) is 4.74 Å². The second kappa shape index (κ2) is 4.99. The van der Waals surface area contributed by atoms with Crippen molar-refractivity contribution in [1.82, 2.24) is 0 Å². The molecule has 0 bridgehead atoms. The Kier molecular flexibility index (Phi) is 3.92. The summed E-state index contributed by atoms with van der Waals surface area (Å²) in [6, 6.07) is 5.19. The van der Waals surface area contributed by atoms with E-state index in [-0.39, 0.29) is 6.79 Å². The van der Waals surface area contributed by atoms with Gasteiger partial charge in [-0.3, -0.25) is 4.79 Å². The van der Waals surface area contributed by atoms with E-state index in [9.17, 15) is 4.79 Å². The van der Waals surface area contributed by atoms with Crippen LogP contribution >= 0.6 is 15.9 Å². The van der Waals surface area contributed by atoms with E-state index in [0.29, 0.717) is 11.3 Å². The molecule has 0 N–H and O–H groups in total. The van der Waals surface area contributed by atoms with Crippen molar-refractivity contribution in [3.8, 4) is 5.75 Å². The Balaban J connectivity index is 2.87. The molecule has 0 saturated carbocycles. The highest BCUT2D eigenvalue weighted by Gasteiger charge is 2.02. The monoisotopic (exact) mass is 244 g/mol.